The van der Waals surface area contributed by atoms with Gasteiger partial charge in [-0.05, 0) is 61.3 Å². The highest BCUT2D eigenvalue weighted by Gasteiger charge is 2.37. The third-order valence-electron chi connectivity index (χ3n) is 4.38. The van der Waals surface area contributed by atoms with Crippen molar-refractivity contribution in [2.75, 3.05) is 6.54 Å². The van der Waals surface area contributed by atoms with E-state index in [9.17, 15) is 8.78 Å². The number of nitrogens with two attached hydrogens (primary N) is 1. The molecule has 1 fully saturated rings. The van der Waals surface area contributed by atoms with Crippen LogP contribution in [0.15, 0.2) is 18.2 Å². The van der Waals surface area contributed by atoms with Gasteiger partial charge in [0.15, 0.2) is 11.6 Å². The lowest BCUT2D eigenvalue weighted by atomic mass is 9.79. The standard InChI is InChI=1S/C15H21F2N/c1-2-11-5-6-15(8-11,10-18)9-12-3-4-13(16)14(17)7-12/h3-4,7,11H,2,5-6,8-10,18H2,1H3. The zero-order chi connectivity index (χ0) is 13.2. The maximum atomic E-state index is 13.2. The van der Waals surface area contributed by atoms with Gasteiger partial charge in [0, 0.05) is 0 Å². The van der Waals surface area contributed by atoms with Gasteiger partial charge in [0.1, 0.15) is 0 Å². The van der Waals surface area contributed by atoms with Gasteiger partial charge in [0.2, 0.25) is 0 Å². The van der Waals surface area contributed by atoms with Gasteiger partial charge in [-0.3, -0.25) is 0 Å². The molecular weight excluding hydrogens is 232 g/mol. The van der Waals surface area contributed by atoms with Crippen LogP contribution in [0.4, 0.5) is 8.78 Å². The van der Waals surface area contributed by atoms with Crippen LogP contribution in [0, 0.1) is 23.0 Å². The second kappa shape index (κ2) is 5.35. The zero-order valence-corrected chi connectivity index (χ0v) is 10.9. The molecule has 100 valence electrons. The highest BCUT2D eigenvalue weighted by molar-refractivity contribution is 5.20. The summed E-state index contributed by atoms with van der Waals surface area (Å²) in [5.74, 6) is -0.804. The van der Waals surface area contributed by atoms with Crippen molar-refractivity contribution in [3.05, 3.63) is 35.4 Å². The Labute approximate surface area is 107 Å². The minimum Gasteiger partial charge on any atom is -0.330 e. The average Bonchev–Trinajstić information content (AvgIpc) is 2.78. The van der Waals surface area contributed by atoms with E-state index in [1.54, 1.807) is 6.07 Å². The maximum Gasteiger partial charge on any atom is 0.159 e. The fourth-order valence-electron chi connectivity index (χ4n) is 3.18. The summed E-state index contributed by atoms with van der Waals surface area (Å²) in [6.07, 6.45) is 5.36. The molecule has 1 aromatic carbocycles. The van der Waals surface area contributed by atoms with Crippen molar-refractivity contribution in [3.8, 4) is 0 Å². The van der Waals surface area contributed by atoms with E-state index in [1.807, 2.05) is 0 Å². The number of halogens is 2. The average molecular weight is 253 g/mol. The molecule has 0 amide bonds. The lowest BCUT2D eigenvalue weighted by Crippen LogP contribution is -2.30. The van der Waals surface area contributed by atoms with Crippen molar-refractivity contribution < 1.29 is 8.78 Å². The summed E-state index contributed by atoms with van der Waals surface area (Å²) in [6, 6.07) is 4.20. The Kier molecular flexibility index (Phi) is 4.00. The summed E-state index contributed by atoms with van der Waals surface area (Å²) in [7, 11) is 0. The van der Waals surface area contributed by atoms with Crippen LogP contribution in [0.25, 0.3) is 0 Å². The molecule has 2 N–H and O–H groups in total. The number of benzene rings is 1. The third-order valence-corrected chi connectivity index (χ3v) is 4.38. The summed E-state index contributed by atoms with van der Waals surface area (Å²) in [5, 5.41) is 0. The van der Waals surface area contributed by atoms with Gasteiger partial charge in [0.05, 0.1) is 0 Å². The lowest BCUT2D eigenvalue weighted by molar-refractivity contribution is 0.290. The Morgan fingerprint density at radius 1 is 1.33 bits per heavy atom. The molecule has 2 rings (SSSR count). The number of hydrogen-bond acceptors (Lipinski definition) is 1. The summed E-state index contributed by atoms with van der Waals surface area (Å²) >= 11 is 0. The molecule has 2 atom stereocenters. The molecule has 0 radical (unpaired) electrons. The second-order valence-corrected chi connectivity index (χ2v) is 5.65. The molecule has 0 spiro atoms. The van der Waals surface area contributed by atoms with Crippen LogP contribution >= 0.6 is 0 Å². The third kappa shape index (κ3) is 2.72. The predicted octanol–water partition coefficient (Wildman–Crippen LogP) is 3.66. The van der Waals surface area contributed by atoms with Gasteiger partial charge in [-0.15, -0.1) is 0 Å². The van der Waals surface area contributed by atoms with Crippen LogP contribution in [-0.4, -0.2) is 6.54 Å². The fraction of sp³-hybridized carbons (Fsp3) is 0.600. The summed E-state index contributed by atoms with van der Waals surface area (Å²) in [6.45, 7) is 2.83. The van der Waals surface area contributed by atoms with Crippen molar-refractivity contribution in [3.63, 3.8) is 0 Å². The Morgan fingerprint density at radius 2 is 2.11 bits per heavy atom. The van der Waals surface area contributed by atoms with Gasteiger partial charge in [0.25, 0.3) is 0 Å². The van der Waals surface area contributed by atoms with Crippen molar-refractivity contribution in [1.29, 1.82) is 0 Å². The monoisotopic (exact) mass is 253 g/mol. The second-order valence-electron chi connectivity index (χ2n) is 5.65. The SMILES string of the molecule is CCC1CCC(CN)(Cc2ccc(F)c(F)c2)C1. The van der Waals surface area contributed by atoms with Gasteiger partial charge in [-0.25, -0.2) is 8.78 Å². The van der Waals surface area contributed by atoms with Gasteiger partial charge in [-0.1, -0.05) is 19.4 Å². The van der Waals surface area contributed by atoms with E-state index in [2.05, 4.69) is 6.92 Å². The minimum atomic E-state index is -0.779. The van der Waals surface area contributed by atoms with E-state index < -0.39 is 11.6 Å². The van der Waals surface area contributed by atoms with Crippen LogP contribution in [0.5, 0.6) is 0 Å². The van der Waals surface area contributed by atoms with E-state index in [1.165, 1.54) is 25.0 Å². The fourth-order valence-corrected chi connectivity index (χ4v) is 3.18. The van der Waals surface area contributed by atoms with Gasteiger partial charge >= 0.3 is 0 Å². The highest BCUT2D eigenvalue weighted by Crippen LogP contribution is 2.44. The van der Waals surface area contributed by atoms with E-state index in [0.29, 0.717) is 6.54 Å². The molecule has 0 saturated heterocycles. The Bertz CT molecular complexity index is 419. The molecule has 0 heterocycles. The minimum absolute atomic E-state index is 0.0882. The lowest BCUT2D eigenvalue weighted by Gasteiger charge is -2.28. The molecule has 1 saturated carbocycles. The summed E-state index contributed by atoms with van der Waals surface area (Å²) in [4.78, 5) is 0. The topological polar surface area (TPSA) is 26.0 Å². The van der Waals surface area contributed by atoms with Crippen molar-refractivity contribution in [2.24, 2.45) is 17.1 Å². The van der Waals surface area contributed by atoms with Crippen LogP contribution in [0.3, 0.4) is 0 Å². The zero-order valence-electron chi connectivity index (χ0n) is 10.9. The van der Waals surface area contributed by atoms with E-state index in [-0.39, 0.29) is 5.41 Å². The Hall–Kier alpha value is -0.960. The highest BCUT2D eigenvalue weighted by atomic mass is 19.2. The van der Waals surface area contributed by atoms with Gasteiger partial charge < -0.3 is 5.73 Å². The predicted molar refractivity (Wildman–Crippen MR) is 69.2 cm³/mol. The normalized spacial score (nSPS) is 27.7. The number of hydrogen-bond donors (Lipinski definition) is 1. The smallest absolute Gasteiger partial charge is 0.159 e. The van der Waals surface area contributed by atoms with Crippen molar-refractivity contribution in [1.82, 2.24) is 0 Å². The first-order chi connectivity index (χ1) is 8.58. The molecule has 0 bridgehead atoms. The summed E-state index contributed by atoms with van der Waals surface area (Å²) < 4.78 is 26.1. The first-order valence-corrected chi connectivity index (χ1v) is 6.72. The van der Waals surface area contributed by atoms with Crippen LogP contribution in [-0.2, 0) is 6.42 Å². The van der Waals surface area contributed by atoms with Crippen LogP contribution in [0.2, 0.25) is 0 Å². The van der Waals surface area contributed by atoms with Crippen molar-refractivity contribution >= 4 is 0 Å². The van der Waals surface area contributed by atoms with E-state index >= 15 is 0 Å². The van der Waals surface area contributed by atoms with E-state index in [4.69, 9.17) is 5.73 Å². The molecule has 1 aliphatic carbocycles. The first-order valence-electron chi connectivity index (χ1n) is 6.72. The van der Waals surface area contributed by atoms with E-state index in [0.717, 1.165) is 30.7 Å². The molecule has 0 aromatic heterocycles. The Balaban J connectivity index is 2.13. The number of rotatable bonds is 4. The van der Waals surface area contributed by atoms with Crippen LogP contribution in [0.1, 0.15) is 38.2 Å². The largest absolute Gasteiger partial charge is 0.330 e. The maximum absolute atomic E-state index is 13.2. The van der Waals surface area contributed by atoms with Gasteiger partial charge in [-0.2, -0.15) is 0 Å². The van der Waals surface area contributed by atoms with Crippen LogP contribution < -0.4 is 5.73 Å². The Morgan fingerprint density at radius 3 is 2.67 bits per heavy atom. The molecular formula is C15H21F2N. The molecule has 18 heavy (non-hydrogen) atoms. The first kappa shape index (κ1) is 13.5. The van der Waals surface area contributed by atoms with Crippen molar-refractivity contribution in [2.45, 2.75) is 39.0 Å². The molecule has 1 nitrogen and oxygen atoms in total. The molecule has 1 aromatic rings. The molecule has 2 unspecified atom stereocenters. The molecule has 3 heteroatoms. The quantitative estimate of drug-likeness (QED) is 0.870. The summed E-state index contributed by atoms with van der Waals surface area (Å²) in [5.41, 5.74) is 6.88. The molecule has 0 aliphatic heterocycles. The molecule has 1 aliphatic rings.